The van der Waals surface area contributed by atoms with Gasteiger partial charge in [0.05, 0.1) is 0 Å². The molecular formula is C22H33NO3. The van der Waals surface area contributed by atoms with Crippen LogP contribution in [0.5, 0.6) is 0 Å². The molecule has 0 spiro atoms. The third kappa shape index (κ3) is 7.27. The maximum absolute atomic E-state index is 12.4. The molecule has 144 valence electrons. The monoisotopic (exact) mass is 359 g/mol. The maximum atomic E-state index is 12.4. The first-order valence-corrected chi connectivity index (χ1v) is 10.4. The van der Waals surface area contributed by atoms with Crippen LogP contribution in [0.15, 0.2) is 23.8 Å². The summed E-state index contributed by atoms with van der Waals surface area (Å²) in [5.74, 6) is 0.589. The van der Waals surface area contributed by atoms with Crippen molar-refractivity contribution < 1.29 is 14.4 Å². The molecule has 1 fully saturated rings. The van der Waals surface area contributed by atoms with Crippen molar-refractivity contribution in [3.8, 4) is 0 Å². The Morgan fingerprint density at radius 2 is 1.77 bits per heavy atom. The summed E-state index contributed by atoms with van der Waals surface area (Å²) in [6.07, 6.45) is 18.8. The van der Waals surface area contributed by atoms with E-state index in [2.05, 4.69) is 5.32 Å². The summed E-state index contributed by atoms with van der Waals surface area (Å²) >= 11 is 0. The van der Waals surface area contributed by atoms with Crippen molar-refractivity contribution >= 4 is 18.0 Å². The molecule has 1 atom stereocenters. The van der Waals surface area contributed by atoms with E-state index in [-0.39, 0.29) is 11.8 Å². The Balaban J connectivity index is 1.54. The molecular weight excluding hydrogens is 326 g/mol. The number of nitrogens with one attached hydrogen (secondary N) is 1. The van der Waals surface area contributed by atoms with Gasteiger partial charge in [0.1, 0.15) is 12.1 Å². The molecule has 0 heterocycles. The Bertz CT molecular complexity index is 528. The number of carbonyl (C=O) groups excluding carboxylic acids is 3. The van der Waals surface area contributed by atoms with E-state index in [1.165, 1.54) is 32.1 Å². The molecule has 0 saturated heterocycles. The minimum absolute atomic E-state index is 0.0730. The molecule has 0 aromatic heterocycles. The van der Waals surface area contributed by atoms with Gasteiger partial charge in [0, 0.05) is 30.4 Å². The third-order valence-electron chi connectivity index (χ3n) is 5.52. The number of ketones is 1. The molecule has 1 amide bonds. The van der Waals surface area contributed by atoms with Crippen molar-refractivity contribution in [2.24, 2.45) is 11.8 Å². The van der Waals surface area contributed by atoms with Crippen molar-refractivity contribution in [2.45, 2.75) is 77.0 Å². The van der Waals surface area contributed by atoms with Crippen LogP contribution < -0.4 is 5.32 Å². The summed E-state index contributed by atoms with van der Waals surface area (Å²) in [7, 11) is 0. The fourth-order valence-corrected chi connectivity index (χ4v) is 3.79. The summed E-state index contributed by atoms with van der Waals surface area (Å²) in [6.45, 7) is 0.638. The van der Waals surface area contributed by atoms with Crippen LogP contribution in [0.4, 0.5) is 0 Å². The molecule has 0 aromatic rings. The topological polar surface area (TPSA) is 63.2 Å². The Hall–Kier alpha value is -1.71. The number of allylic oxidation sites excluding steroid dienone is 2. The number of unbranched alkanes of at least 4 members (excludes halogenated alkanes) is 2. The quantitative estimate of drug-likeness (QED) is 0.493. The molecule has 0 aliphatic heterocycles. The predicted molar refractivity (Wildman–Crippen MR) is 104 cm³/mol. The number of rotatable bonds is 9. The number of amides is 1. The average molecular weight is 360 g/mol. The fourth-order valence-electron chi connectivity index (χ4n) is 3.79. The van der Waals surface area contributed by atoms with E-state index in [0.717, 1.165) is 38.4 Å². The van der Waals surface area contributed by atoms with Crippen molar-refractivity contribution in [3.05, 3.63) is 23.8 Å². The highest BCUT2D eigenvalue weighted by Crippen LogP contribution is 2.24. The van der Waals surface area contributed by atoms with Gasteiger partial charge in [-0.2, -0.15) is 0 Å². The van der Waals surface area contributed by atoms with Crippen LogP contribution in [0.3, 0.4) is 0 Å². The molecule has 1 unspecified atom stereocenters. The second-order valence-corrected chi connectivity index (χ2v) is 7.63. The molecule has 1 N–H and O–H groups in total. The number of Topliss-reactive ketones (excluding diaryl/α,β-unsaturated/α-hetero) is 1. The van der Waals surface area contributed by atoms with E-state index in [0.29, 0.717) is 36.7 Å². The van der Waals surface area contributed by atoms with Crippen molar-refractivity contribution in [3.63, 3.8) is 0 Å². The zero-order valence-electron chi connectivity index (χ0n) is 15.9. The average Bonchev–Trinajstić information content (AvgIpc) is 2.64. The first kappa shape index (κ1) is 20.6. The third-order valence-corrected chi connectivity index (χ3v) is 5.52. The van der Waals surface area contributed by atoms with E-state index in [1.54, 1.807) is 12.2 Å². The van der Waals surface area contributed by atoms with E-state index >= 15 is 0 Å². The molecule has 4 heteroatoms. The number of hydrogen-bond donors (Lipinski definition) is 1. The van der Waals surface area contributed by atoms with Crippen LogP contribution in [-0.2, 0) is 14.4 Å². The van der Waals surface area contributed by atoms with Gasteiger partial charge in [-0.05, 0) is 32.1 Å². The normalized spacial score (nSPS) is 21.4. The van der Waals surface area contributed by atoms with Crippen molar-refractivity contribution in [2.75, 3.05) is 6.54 Å². The van der Waals surface area contributed by atoms with Crippen LogP contribution in [0.1, 0.15) is 77.0 Å². The standard InChI is InChI=1S/C22H33NO3/c24-17-18-12-14-20(15-13-18)22(26)23-16-8-4-7-11-21(25)19-9-5-2-1-3-6-10-19/h12,14-15,17-19H,1-11,13,16H2,(H,23,26). The van der Waals surface area contributed by atoms with E-state index in [1.807, 2.05) is 6.08 Å². The van der Waals surface area contributed by atoms with Crippen LogP contribution in [0, 0.1) is 11.8 Å². The smallest absolute Gasteiger partial charge is 0.250 e. The highest BCUT2D eigenvalue weighted by atomic mass is 16.1. The van der Waals surface area contributed by atoms with Gasteiger partial charge in [-0.25, -0.2) is 0 Å². The summed E-state index contributed by atoms with van der Waals surface area (Å²) in [5.41, 5.74) is 0.641. The second kappa shape index (κ2) is 11.8. The van der Waals surface area contributed by atoms with Gasteiger partial charge in [-0.15, -0.1) is 0 Å². The molecule has 0 aromatic carbocycles. The molecule has 1 saturated carbocycles. The Labute approximate surface area is 157 Å². The van der Waals surface area contributed by atoms with Gasteiger partial charge in [0.25, 0.3) is 5.91 Å². The molecule has 26 heavy (non-hydrogen) atoms. The first-order valence-electron chi connectivity index (χ1n) is 10.4. The molecule has 2 rings (SSSR count). The van der Waals surface area contributed by atoms with E-state index < -0.39 is 0 Å². The highest BCUT2D eigenvalue weighted by Gasteiger charge is 2.18. The van der Waals surface area contributed by atoms with Crippen molar-refractivity contribution in [1.29, 1.82) is 0 Å². The predicted octanol–water partition coefficient (Wildman–Crippen LogP) is 4.29. The zero-order chi connectivity index (χ0) is 18.6. The fraction of sp³-hybridized carbons (Fsp3) is 0.682. The van der Waals surface area contributed by atoms with Crippen molar-refractivity contribution in [1.82, 2.24) is 5.32 Å². The minimum atomic E-state index is -0.0954. The lowest BCUT2D eigenvalue weighted by Gasteiger charge is -2.18. The van der Waals surface area contributed by atoms with Crippen LogP contribution in [-0.4, -0.2) is 24.5 Å². The summed E-state index contributed by atoms with van der Waals surface area (Å²) < 4.78 is 0. The molecule has 2 aliphatic carbocycles. The number of carbonyl (C=O) groups is 3. The molecule has 4 nitrogen and oxygen atoms in total. The lowest BCUT2D eigenvalue weighted by atomic mass is 9.86. The van der Waals surface area contributed by atoms with Crippen LogP contribution in [0.2, 0.25) is 0 Å². The zero-order valence-corrected chi connectivity index (χ0v) is 15.9. The number of hydrogen-bond acceptors (Lipinski definition) is 3. The van der Waals surface area contributed by atoms with E-state index in [9.17, 15) is 14.4 Å². The van der Waals surface area contributed by atoms with Gasteiger partial charge in [-0.3, -0.25) is 9.59 Å². The Morgan fingerprint density at radius 1 is 1.04 bits per heavy atom. The summed E-state index contributed by atoms with van der Waals surface area (Å²) in [6, 6.07) is 0. The van der Waals surface area contributed by atoms with Gasteiger partial charge in [0.2, 0.25) is 0 Å². The van der Waals surface area contributed by atoms with E-state index in [4.69, 9.17) is 0 Å². The number of aldehydes is 1. The Morgan fingerprint density at radius 3 is 2.42 bits per heavy atom. The van der Waals surface area contributed by atoms with Crippen LogP contribution in [0.25, 0.3) is 0 Å². The lowest BCUT2D eigenvalue weighted by molar-refractivity contribution is -0.123. The first-order chi connectivity index (χ1) is 12.7. The van der Waals surface area contributed by atoms with Crippen LogP contribution >= 0.6 is 0 Å². The molecule has 0 bridgehead atoms. The molecule has 2 aliphatic rings. The van der Waals surface area contributed by atoms with Gasteiger partial charge < -0.3 is 10.1 Å². The van der Waals surface area contributed by atoms with Gasteiger partial charge in [-0.1, -0.05) is 56.8 Å². The summed E-state index contributed by atoms with van der Waals surface area (Å²) in [5, 5.41) is 2.92. The van der Waals surface area contributed by atoms with Gasteiger partial charge >= 0.3 is 0 Å². The second-order valence-electron chi connectivity index (χ2n) is 7.63. The summed E-state index contributed by atoms with van der Waals surface area (Å²) in [4.78, 5) is 35.1. The highest BCUT2D eigenvalue weighted by molar-refractivity contribution is 5.96. The molecule has 0 radical (unpaired) electrons. The SMILES string of the molecule is O=CC1C=CC(C(=O)NCCCCCC(=O)C2CCCCCCC2)=CC1. The largest absolute Gasteiger partial charge is 0.352 e. The Kier molecular flexibility index (Phi) is 9.36. The van der Waals surface area contributed by atoms with Gasteiger partial charge in [0.15, 0.2) is 0 Å². The lowest BCUT2D eigenvalue weighted by Crippen LogP contribution is -2.26. The minimum Gasteiger partial charge on any atom is -0.352 e. The maximum Gasteiger partial charge on any atom is 0.250 e.